The second-order valence-electron chi connectivity index (χ2n) is 4.23. The third-order valence-corrected chi connectivity index (χ3v) is 3.34. The number of hydrogen-bond acceptors (Lipinski definition) is 2. The van der Waals surface area contributed by atoms with Crippen molar-refractivity contribution in [3.8, 4) is 0 Å². The van der Waals surface area contributed by atoms with Gasteiger partial charge in [-0.15, -0.1) is 0 Å². The molecule has 1 aliphatic rings. The standard InChI is InChI=1S/C12H16ClFN2/c1-15-7-9-5-6-16(8-9)12-10(13)3-2-4-11(12)14/h2-4,9,15H,5-8H2,1H3. The fourth-order valence-electron chi connectivity index (χ4n) is 2.28. The number of nitrogens with zero attached hydrogens (tertiary/aromatic N) is 1. The summed E-state index contributed by atoms with van der Waals surface area (Å²) in [6.45, 7) is 2.73. The number of nitrogens with one attached hydrogen (secondary N) is 1. The lowest BCUT2D eigenvalue weighted by Crippen LogP contribution is -2.25. The Morgan fingerprint density at radius 1 is 1.56 bits per heavy atom. The molecule has 0 spiro atoms. The van der Waals surface area contributed by atoms with E-state index in [1.165, 1.54) is 6.07 Å². The lowest BCUT2D eigenvalue weighted by atomic mass is 10.1. The van der Waals surface area contributed by atoms with Crippen LogP contribution in [-0.4, -0.2) is 26.7 Å². The molecule has 1 atom stereocenters. The largest absolute Gasteiger partial charge is 0.368 e. The van der Waals surface area contributed by atoms with E-state index in [4.69, 9.17) is 11.6 Å². The molecule has 1 aliphatic heterocycles. The van der Waals surface area contributed by atoms with E-state index in [0.29, 0.717) is 16.6 Å². The molecule has 1 N–H and O–H groups in total. The number of halogens is 2. The van der Waals surface area contributed by atoms with Gasteiger partial charge in [-0.1, -0.05) is 17.7 Å². The Hall–Kier alpha value is -0.800. The van der Waals surface area contributed by atoms with Crippen LogP contribution in [0.2, 0.25) is 5.02 Å². The van der Waals surface area contributed by atoms with Crippen LogP contribution in [0.4, 0.5) is 10.1 Å². The van der Waals surface area contributed by atoms with Gasteiger partial charge in [0.25, 0.3) is 0 Å². The molecule has 88 valence electrons. The van der Waals surface area contributed by atoms with Crippen molar-refractivity contribution in [1.29, 1.82) is 0 Å². The van der Waals surface area contributed by atoms with Crippen LogP contribution < -0.4 is 10.2 Å². The van der Waals surface area contributed by atoms with Gasteiger partial charge in [-0.25, -0.2) is 4.39 Å². The van der Waals surface area contributed by atoms with Crippen LogP contribution in [0, 0.1) is 11.7 Å². The molecule has 0 aromatic heterocycles. The summed E-state index contributed by atoms with van der Waals surface area (Å²) in [5, 5.41) is 3.66. The zero-order valence-electron chi connectivity index (χ0n) is 9.34. The summed E-state index contributed by atoms with van der Waals surface area (Å²) in [4.78, 5) is 2.04. The van der Waals surface area contributed by atoms with Gasteiger partial charge < -0.3 is 10.2 Å². The number of hydrogen-bond donors (Lipinski definition) is 1. The maximum absolute atomic E-state index is 13.7. The van der Waals surface area contributed by atoms with Crippen molar-refractivity contribution in [2.24, 2.45) is 5.92 Å². The average Bonchev–Trinajstić information content (AvgIpc) is 2.67. The van der Waals surface area contributed by atoms with E-state index in [1.54, 1.807) is 12.1 Å². The van der Waals surface area contributed by atoms with Gasteiger partial charge in [-0.2, -0.15) is 0 Å². The minimum atomic E-state index is -0.224. The van der Waals surface area contributed by atoms with Crippen LogP contribution in [0.15, 0.2) is 18.2 Å². The fraction of sp³-hybridized carbons (Fsp3) is 0.500. The van der Waals surface area contributed by atoms with Gasteiger partial charge in [0.15, 0.2) is 0 Å². The number of benzene rings is 1. The molecular weight excluding hydrogens is 227 g/mol. The van der Waals surface area contributed by atoms with Gasteiger partial charge in [0.1, 0.15) is 5.82 Å². The Labute approximate surface area is 100 Å². The van der Waals surface area contributed by atoms with Crippen molar-refractivity contribution >= 4 is 17.3 Å². The maximum atomic E-state index is 13.7. The summed E-state index contributed by atoms with van der Waals surface area (Å²) in [5.41, 5.74) is 0.558. The predicted octanol–water partition coefficient (Wildman–Crippen LogP) is 2.52. The van der Waals surface area contributed by atoms with Crippen molar-refractivity contribution in [2.75, 3.05) is 31.6 Å². The molecule has 4 heteroatoms. The molecule has 1 aromatic carbocycles. The topological polar surface area (TPSA) is 15.3 Å². The van der Waals surface area contributed by atoms with E-state index in [0.717, 1.165) is 26.1 Å². The van der Waals surface area contributed by atoms with E-state index in [1.807, 2.05) is 11.9 Å². The van der Waals surface area contributed by atoms with Gasteiger partial charge in [-0.05, 0) is 38.1 Å². The minimum Gasteiger partial charge on any atom is -0.368 e. The van der Waals surface area contributed by atoms with Gasteiger partial charge in [0.2, 0.25) is 0 Å². The second-order valence-corrected chi connectivity index (χ2v) is 4.64. The third kappa shape index (κ3) is 2.30. The van der Waals surface area contributed by atoms with Crippen LogP contribution in [0.25, 0.3) is 0 Å². The monoisotopic (exact) mass is 242 g/mol. The Kier molecular flexibility index (Phi) is 3.66. The van der Waals surface area contributed by atoms with Crippen molar-refractivity contribution in [1.82, 2.24) is 5.32 Å². The summed E-state index contributed by atoms with van der Waals surface area (Å²) < 4.78 is 13.7. The highest BCUT2D eigenvalue weighted by molar-refractivity contribution is 6.33. The molecule has 2 rings (SSSR count). The Bertz CT molecular complexity index is 350. The van der Waals surface area contributed by atoms with Crippen molar-refractivity contribution in [3.05, 3.63) is 29.0 Å². The molecule has 0 aliphatic carbocycles. The van der Waals surface area contributed by atoms with Gasteiger partial charge in [-0.3, -0.25) is 0 Å². The smallest absolute Gasteiger partial charge is 0.148 e. The molecule has 1 heterocycles. The molecule has 1 fully saturated rings. The van der Waals surface area contributed by atoms with E-state index in [9.17, 15) is 4.39 Å². The van der Waals surface area contributed by atoms with Crippen LogP contribution >= 0.6 is 11.6 Å². The fourth-order valence-corrected chi connectivity index (χ4v) is 2.56. The van der Waals surface area contributed by atoms with Crippen molar-refractivity contribution in [2.45, 2.75) is 6.42 Å². The van der Waals surface area contributed by atoms with Gasteiger partial charge >= 0.3 is 0 Å². The van der Waals surface area contributed by atoms with Crippen LogP contribution in [-0.2, 0) is 0 Å². The zero-order valence-corrected chi connectivity index (χ0v) is 10.1. The molecular formula is C12H16ClFN2. The summed E-state index contributed by atoms with van der Waals surface area (Å²) in [6.07, 6.45) is 1.09. The van der Waals surface area contributed by atoms with Crippen molar-refractivity contribution < 1.29 is 4.39 Å². The first-order chi connectivity index (χ1) is 7.72. The highest BCUT2D eigenvalue weighted by atomic mass is 35.5. The van der Waals surface area contributed by atoms with Crippen molar-refractivity contribution in [3.63, 3.8) is 0 Å². The van der Waals surface area contributed by atoms with E-state index >= 15 is 0 Å². The second kappa shape index (κ2) is 5.02. The Morgan fingerprint density at radius 2 is 2.38 bits per heavy atom. The predicted molar refractivity (Wildman–Crippen MR) is 65.7 cm³/mol. The molecule has 0 bridgehead atoms. The van der Waals surface area contributed by atoms with Gasteiger partial charge in [0.05, 0.1) is 10.7 Å². The number of rotatable bonds is 3. The molecule has 1 unspecified atom stereocenters. The zero-order chi connectivity index (χ0) is 11.5. The SMILES string of the molecule is CNCC1CCN(c2c(F)cccc2Cl)C1. The van der Waals surface area contributed by atoms with E-state index < -0.39 is 0 Å². The molecule has 1 saturated heterocycles. The molecule has 0 saturated carbocycles. The highest BCUT2D eigenvalue weighted by Crippen LogP contribution is 2.32. The summed E-state index contributed by atoms with van der Waals surface area (Å²) >= 11 is 6.04. The quantitative estimate of drug-likeness (QED) is 0.876. The first-order valence-corrected chi connectivity index (χ1v) is 5.93. The Morgan fingerprint density at radius 3 is 3.06 bits per heavy atom. The summed E-state index contributed by atoms with van der Waals surface area (Å²) in [6, 6.07) is 4.85. The number of anilines is 1. The van der Waals surface area contributed by atoms with Crippen LogP contribution in [0.3, 0.4) is 0 Å². The minimum absolute atomic E-state index is 0.224. The average molecular weight is 243 g/mol. The molecule has 1 aromatic rings. The van der Waals surface area contributed by atoms with Crippen LogP contribution in [0.1, 0.15) is 6.42 Å². The normalized spacial score (nSPS) is 20.4. The first kappa shape index (κ1) is 11.7. The van der Waals surface area contributed by atoms with Gasteiger partial charge in [0, 0.05) is 13.1 Å². The number of para-hydroxylation sites is 1. The lowest BCUT2D eigenvalue weighted by Gasteiger charge is -2.20. The molecule has 0 radical (unpaired) electrons. The maximum Gasteiger partial charge on any atom is 0.148 e. The lowest BCUT2D eigenvalue weighted by molar-refractivity contribution is 0.548. The summed E-state index contributed by atoms with van der Waals surface area (Å²) in [5.74, 6) is 0.360. The molecule has 16 heavy (non-hydrogen) atoms. The van der Waals surface area contributed by atoms with E-state index in [-0.39, 0.29) is 5.82 Å². The molecule has 0 amide bonds. The Balaban J connectivity index is 2.14. The highest BCUT2D eigenvalue weighted by Gasteiger charge is 2.25. The third-order valence-electron chi connectivity index (χ3n) is 3.03. The summed E-state index contributed by atoms with van der Waals surface area (Å²) in [7, 11) is 1.94. The molecule has 2 nitrogen and oxygen atoms in total. The first-order valence-electron chi connectivity index (χ1n) is 5.56. The van der Waals surface area contributed by atoms with Crippen LogP contribution in [0.5, 0.6) is 0 Å². The van der Waals surface area contributed by atoms with E-state index in [2.05, 4.69) is 5.32 Å².